The number of aromatic nitrogens is 10. The lowest BCUT2D eigenvalue weighted by Gasteiger charge is -2.19. The van der Waals surface area contributed by atoms with Crippen molar-refractivity contribution in [2.45, 2.75) is 129 Å². The van der Waals surface area contributed by atoms with Gasteiger partial charge in [0.15, 0.2) is 11.3 Å². The van der Waals surface area contributed by atoms with Gasteiger partial charge in [-0.1, -0.05) is 62.5 Å². The fraction of sp³-hybridized carbons (Fsp3) is 0.483. The van der Waals surface area contributed by atoms with Crippen molar-refractivity contribution in [3.05, 3.63) is 82.4 Å². The number of hydrogen-bond donors (Lipinski definition) is 3. The number of carboxylic acid groups (broad SMARTS) is 1. The third-order valence-corrected chi connectivity index (χ3v) is 18.3. The van der Waals surface area contributed by atoms with Crippen LogP contribution in [0.2, 0.25) is 61.4 Å². The predicted octanol–water partition coefficient (Wildman–Crippen LogP) is 10.1. The van der Waals surface area contributed by atoms with Crippen molar-refractivity contribution in [2.75, 3.05) is 39.4 Å². The van der Waals surface area contributed by atoms with Gasteiger partial charge in [0.25, 0.3) is 5.91 Å². The van der Waals surface area contributed by atoms with Crippen LogP contribution >= 0.6 is 23.2 Å². The zero-order valence-corrected chi connectivity index (χ0v) is 52.9. The first-order valence-electron chi connectivity index (χ1n) is 28.3. The van der Waals surface area contributed by atoms with Crippen LogP contribution < -0.4 is 11.1 Å². The molecular formula is C58H78Cl2N14O7Si2. The zero-order valence-electron chi connectivity index (χ0n) is 49.3. The van der Waals surface area contributed by atoms with E-state index in [1.165, 1.54) is 6.20 Å². The Morgan fingerprint density at radius 3 is 1.51 bits per heavy atom. The predicted molar refractivity (Wildman–Crippen MR) is 331 cm³/mol. The molecule has 2 saturated heterocycles. The number of carbonyl (C=O) groups is 4. The largest absolute Gasteiger partial charge is 0.478 e. The van der Waals surface area contributed by atoms with E-state index in [2.05, 4.69) is 64.8 Å². The summed E-state index contributed by atoms with van der Waals surface area (Å²) in [7, 11) is 1.23. The Labute approximate surface area is 495 Å². The van der Waals surface area contributed by atoms with E-state index in [-0.39, 0.29) is 55.3 Å². The second-order valence-corrected chi connectivity index (χ2v) is 36.2. The van der Waals surface area contributed by atoms with Crippen LogP contribution in [0, 0.1) is 0 Å². The highest BCUT2D eigenvalue weighted by molar-refractivity contribution is 6.76. The van der Waals surface area contributed by atoms with Crippen LogP contribution in [0.5, 0.6) is 0 Å². The van der Waals surface area contributed by atoms with Gasteiger partial charge in [-0.05, 0) is 88.0 Å². The lowest BCUT2D eigenvalue weighted by molar-refractivity contribution is -0.131. The van der Waals surface area contributed by atoms with Gasteiger partial charge in [0.1, 0.15) is 52.8 Å². The molecule has 2 fully saturated rings. The van der Waals surface area contributed by atoms with E-state index >= 15 is 0 Å². The minimum Gasteiger partial charge on any atom is -0.478 e. The summed E-state index contributed by atoms with van der Waals surface area (Å²) >= 11 is 12.3. The van der Waals surface area contributed by atoms with E-state index in [0.29, 0.717) is 80.3 Å². The Kier molecular flexibility index (Phi) is 20.3. The van der Waals surface area contributed by atoms with Crippen molar-refractivity contribution in [3.63, 3.8) is 0 Å². The van der Waals surface area contributed by atoms with E-state index in [9.17, 15) is 24.3 Å². The number of hydrogen-bond acceptors (Lipinski definition) is 13. The number of nitrogens with two attached hydrogens (primary N) is 1. The van der Waals surface area contributed by atoms with Crippen molar-refractivity contribution in [1.82, 2.24) is 63.7 Å². The molecule has 2 aromatic carbocycles. The number of carboxylic acids is 1. The number of amides is 3. The average molecular weight is 1210 g/mol. The van der Waals surface area contributed by atoms with Crippen molar-refractivity contribution >= 4 is 107 Å². The molecule has 3 amide bonds. The van der Waals surface area contributed by atoms with Gasteiger partial charge in [-0.25, -0.2) is 24.7 Å². The Morgan fingerprint density at radius 2 is 1.08 bits per heavy atom. The van der Waals surface area contributed by atoms with Crippen molar-refractivity contribution in [1.29, 1.82) is 0 Å². The Hall–Kier alpha value is -6.61. The van der Waals surface area contributed by atoms with Gasteiger partial charge in [0, 0.05) is 128 Å². The van der Waals surface area contributed by atoms with E-state index in [4.69, 9.17) is 48.4 Å². The van der Waals surface area contributed by atoms with E-state index < -0.39 is 22.1 Å². The standard InChI is InChI=1S/C29H38ClN7O3Si.C21H24ClN5O3Si.C8H16N2O/c1-19(14-25(38)36-10-6-7-11-36)32-29(39)22-17-37(18-40-12-13-41(3,4)5)28-27(22)33-23(16-31-28)26-21-9-8-20(30)15-24(21)35(2)34-26;1-26-17-9-13(22)5-6-14(17)18(25-26)16-10-23-20-19(24-16)15(21(28)29)11-27(20)12-30-7-8-31(2,3)4;1-7(9)6-8(11)10-4-2-3-5-10/h8-9,15-17,19H,6-7,10-14,18H2,1-5H3,(H,32,39);5-6,9-11H,7-8,12H2,1-4H3,(H,28,29);7H,2-6,9H2,1H3/t19-;;7-/m1.1/s1. The molecule has 10 rings (SSSR count). The number of nitrogens with zero attached hydrogens (tertiary/aromatic N) is 12. The number of likely N-dealkylation sites (tertiary alicyclic amines) is 2. The number of aromatic carboxylic acids is 1. The SMILES string of the molecule is C[C@@H](N)CC(=O)N1CCCC1.C[C@H](CC(=O)N1CCCC1)NC(=O)c1cn(COCC[Si](C)(C)C)c2ncc(-c3nn(C)c4cc(Cl)ccc34)nc12.Cn1nc(-c2cnc3c(n2)c(C(=O)O)cn3COCC[Si](C)(C)C)c2ccc(Cl)cc21. The van der Waals surface area contributed by atoms with Crippen LogP contribution in [0.25, 0.3) is 66.9 Å². The first-order valence-corrected chi connectivity index (χ1v) is 36.5. The maximum atomic E-state index is 13.6. The highest BCUT2D eigenvalue weighted by Gasteiger charge is 2.26. The number of ether oxygens (including phenoxy) is 2. The normalized spacial score (nSPS) is 14.5. The molecule has 0 radical (unpaired) electrons. The molecule has 0 spiro atoms. The maximum absolute atomic E-state index is 13.6. The van der Waals surface area contributed by atoms with Crippen LogP contribution in [-0.4, -0.2) is 155 Å². The van der Waals surface area contributed by atoms with Crippen molar-refractivity contribution < 1.29 is 33.8 Å². The fourth-order valence-corrected chi connectivity index (χ4v) is 11.7. The van der Waals surface area contributed by atoms with Crippen molar-refractivity contribution in [3.8, 4) is 22.8 Å². The molecule has 83 heavy (non-hydrogen) atoms. The summed E-state index contributed by atoms with van der Waals surface area (Å²) in [5.41, 5.74) is 11.8. The third kappa shape index (κ3) is 16.0. The molecule has 2 atom stereocenters. The van der Waals surface area contributed by atoms with Crippen LogP contribution in [0.3, 0.4) is 0 Å². The lowest BCUT2D eigenvalue weighted by atomic mass is 10.1. The summed E-state index contributed by atoms with van der Waals surface area (Å²) in [6.45, 7) is 22.7. The summed E-state index contributed by atoms with van der Waals surface area (Å²) in [5, 5.41) is 24.9. The van der Waals surface area contributed by atoms with Gasteiger partial charge in [0.2, 0.25) is 11.8 Å². The minimum atomic E-state index is -1.25. The second-order valence-electron chi connectivity index (χ2n) is 24.1. The monoisotopic (exact) mass is 1210 g/mol. The molecule has 444 valence electrons. The summed E-state index contributed by atoms with van der Waals surface area (Å²) < 4.78 is 18.8. The second kappa shape index (κ2) is 27.0. The number of rotatable bonds is 19. The van der Waals surface area contributed by atoms with E-state index in [1.807, 2.05) is 72.6 Å². The third-order valence-electron chi connectivity index (χ3n) is 14.4. The van der Waals surface area contributed by atoms with Crippen LogP contribution in [-0.2, 0) is 46.6 Å². The number of carbonyl (C=O) groups excluding carboxylic acids is 3. The molecular weight excluding hydrogens is 1130 g/mol. The Balaban J connectivity index is 0.000000188. The molecule has 6 aromatic heterocycles. The molecule has 8 aromatic rings. The highest BCUT2D eigenvalue weighted by Crippen LogP contribution is 2.32. The molecule has 0 bridgehead atoms. The molecule has 0 saturated carbocycles. The summed E-state index contributed by atoms with van der Waals surface area (Å²) in [4.78, 5) is 71.9. The van der Waals surface area contributed by atoms with Gasteiger partial charge in [-0.2, -0.15) is 10.2 Å². The van der Waals surface area contributed by atoms with E-state index in [1.54, 1.807) is 38.6 Å². The van der Waals surface area contributed by atoms with Crippen molar-refractivity contribution in [2.24, 2.45) is 19.8 Å². The summed E-state index contributed by atoms with van der Waals surface area (Å²) in [6, 6.07) is 12.8. The zero-order chi connectivity index (χ0) is 59.9. The Morgan fingerprint density at radius 1 is 0.663 bits per heavy atom. The molecule has 0 aliphatic carbocycles. The first-order chi connectivity index (χ1) is 39.3. The number of halogens is 2. The molecule has 25 heteroatoms. The van der Waals surface area contributed by atoms with Crippen LogP contribution in [0.15, 0.2) is 61.2 Å². The van der Waals surface area contributed by atoms with Gasteiger partial charge in [0.05, 0.1) is 29.0 Å². The van der Waals surface area contributed by atoms with Gasteiger partial charge < -0.3 is 44.6 Å². The molecule has 21 nitrogen and oxygen atoms in total. The molecule has 2 aliphatic rings. The average Bonchev–Trinajstić information content (AvgIpc) is 2.43. The topological polar surface area (TPSA) is 249 Å². The lowest BCUT2D eigenvalue weighted by Crippen LogP contribution is -2.38. The summed E-state index contributed by atoms with van der Waals surface area (Å²) in [6.07, 6.45) is 11.7. The molecule has 4 N–H and O–H groups in total. The van der Waals surface area contributed by atoms with Gasteiger partial charge >= 0.3 is 5.97 Å². The molecule has 2 aliphatic heterocycles. The van der Waals surface area contributed by atoms with E-state index in [0.717, 1.165) is 85.8 Å². The number of nitrogens with one attached hydrogen (secondary N) is 1. The first kappa shape index (κ1) is 62.4. The van der Waals surface area contributed by atoms with Crippen LogP contribution in [0.1, 0.15) is 73.1 Å². The maximum Gasteiger partial charge on any atom is 0.339 e. The van der Waals surface area contributed by atoms with Crippen LogP contribution in [0.4, 0.5) is 0 Å². The fourth-order valence-electron chi connectivity index (χ4n) is 9.85. The molecule has 8 heterocycles. The Bertz CT molecular complexity index is 3630. The minimum absolute atomic E-state index is 0.00287. The summed E-state index contributed by atoms with van der Waals surface area (Å²) in [5.74, 6) is -1.08. The number of benzene rings is 2. The highest BCUT2D eigenvalue weighted by atomic mass is 35.5. The molecule has 0 unspecified atom stereocenters. The smallest absolute Gasteiger partial charge is 0.339 e. The number of aryl methyl sites for hydroxylation is 2. The van der Waals surface area contributed by atoms with Gasteiger partial charge in [-0.3, -0.25) is 23.7 Å². The quantitative estimate of drug-likeness (QED) is 0.0504. The number of fused-ring (bicyclic) bond motifs is 4. The van der Waals surface area contributed by atoms with Gasteiger partial charge in [-0.15, -0.1) is 0 Å².